The van der Waals surface area contributed by atoms with Gasteiger partial charge < -0.3 is 4.57 Å². The zero-order valence-electron chi connectivity index (χ0n) is 13.0. The molecule has 2 aromatic rings. The summed E-state index contributed by atoms with van der Waals surface area (Å²) >= 11 is 5.04. The van der Waals surface area contributed by atoms with E-state index in [9.17, 15) is 9.59 Å². The number of aromatic nitrogens is 1. The van der Waals surface area contributed by atoms with Crippen molar-refractivity contribution in [2.24, 2.45) is 0 Å². The average Bonchev–Trinajstić information content (AvgIpc) is 2.90. The van der Waals surface area contributed by atoms with E-state index in [4.69, 9.17) is 12.2 Å². The summed E-state index contributed by atoms with van der Waals surface area (Å²) in [5, 5.41) is 3.75. The number of carbonyl (C=O) groups is 2. The molecule has 23 heavy (non-hydrogen) atoms. The Balaban J connectivity index is 2.12. The van der Waals surface area contributed by atoms with Crippen molar-refractivity contribution in [3.05, 3.63) is 41.6 Å². The first kappa shape index (κ1) is 15.4. The summed E-state index contributed by atoms with van der Waals surface area (Å²) in [6.45, 7) is 5.11. The van der Waals surface area contributed by atoms with E-state index in [1.165, 1.54) is 4.90 Å². The molecule has 1 aliphatic heterocycles. The standard InChI is InChI=1S/C17H17N3O2S/c1-3-19-10-11(12-7-5-6-8-14(12)19)9-13-15(21)18-17(23)20(4-2)16(13)22/h5-10H,3-4H2,1-2H3,(H,18,21,23)/b13-9+. The summed E-state index contributed by atoms with van der Waals surface area (Å²) in [5.41, 5.74) is 2.04. The zero-order chi connectivity index (χ0) is 16.6. The number of amides is 2. The highest BCUT2D eigenvalue weighted by atomic mass is 32.1. The van der Waals surface area contributed by atoms with Crippen LogP contribution in [0.5, 0.6) is 0 Å². The molecule has 5 nitrogen and oxygen atoms in total. The van der Waals surface area contributed by atoms with Crippen LogP contribution in [0.2, 0.25) is 0 Å². The molecular formula is C17H17N3O2S. The van der Waals surface area contributed by atoms with Crippen LogP contribution in [0.4, 0.5) is 0 Å². The summed E-state index contributed by atoms with van der Waals surface area (Å²) in [4.78, 5) is 26.1. The van der Waals surface area contributed by atoms with Crippen LogP contribution in [0.15, 0.2) is 36.0 Å². The van der Waals surface area contributed by atoms with E-state index in [0.717, 1.165) is 23.0 Å². The molecule has 0 saturated carbocycles. The number of benzene rings is 1. The molecule has 0 aliphatic carbocycles. The smallest absolute Gasteiger partial charge is 0.265 e. The van der Waals surface area contributed by atoms with Gasteiger partial charge in [0.1, 0.15) is 5.57 Å². The number of aryl methyl sites for hydroxylation is 1. The third kappa shape index (κ3) is 2.55. The fourth-order valence-corrected chi connectivity index (χ4v) is 3.09. The Bertz CT molecular complexity index is 851. The summed E-state index contributed by atoms with van der Waals surface area (Å²) in [7, 11) is 0. The largest absolute Gasteiger partial charge is 0.347 e. The molecule has 0 radical (unpaired) electrons. The summed E-state index contributed by atoms with van der Waals surface area (Å²) < 4.78 is 2.09. The molecule has 0 bridgehead atoms. The number of hydrogen-bond acceptors (Lipinski definition) is 3. The second kappa shape index (κ2) is 5.96. The molecule has 2 heterocycles. The number of nitrogens with one attached hydrogen (secondary N) is 1. The van der Waals surface area contributed by atoms with Crippen molar-refractivity contribution >= 4 is 46.1 Å². The van der Waals surface area contributed by atoms with Crippen molar-refractivity contribution in [1.82, 2.24) is 14.8 Å². The van der Waals surface area contributed by atoms with Gasteiger partial charge in [0.15, 0.2) is 5.11 Å². The molecule has 1 aromatic carbocycles. The number of hydrogen-bond donors (Lipinski definition) is 1. The topological polar surface area (TPSA) is 54.3 Å². The third-order valence-corrected chi connectivity index (χ3v) is 4.28. The monoisotopic (exact) mass is 327 g/mol. The van der Waals surface area contributed by atoms with Crippen LogP contribution in [0, 0.1) is 0 Å². The first-order chi connectivity index (χ1) is 11.1. The number of thiocarbonyl (C=S) groups is 1. The number of likely N-dealkylation sites (N-methyl/N-ethyl adjacent to an activating group) is 1. The van der Waals surface area contributed by atoms with Crippen molar-refractivity contribution in [2.45, 2.75) is 20.4 Å². The Morgan fingerprint density at radius 3 is 2.61 bits per heavy atom. The molecule has 1 saturated heterocycles. The molecule has 3 rings (SSSR count). The normalized spacial score (nSPS) is 17.2. The Kier molecular flexibility index (Phi) is 4.00. The number of nitrogens with zero attached hydrogens (tertiary/aromatic N) is 2. The highest BCUT2D eigenvalue weighted by Gasteiger charge is 2.32. The van der Waals surface area contributed by atoms with E-state index in [2.05, 4.69) is 16.8 Å². The Morgan fingerprint density at radius 2 is 1.91 bits per heavy atom. The van der Waals surface area contributed by atoms with Gasteiger partial charge in [-0.25, -0.2) is 0 Å². The highest BCUT2D eigenvalue weighted by molar-refractivity contribution is 7.80. The molecule has 1 aliphatic rings. The Labute approximate surface area is 139 Å². The molecule has 1 aromatic heterocycles. The number of carbonyl (C=O) groups excluding carboxylic acids is 2. The SMILES string of the molecule is CCN1C(=O)/C(=C/c2cn(CC)c3ccccc23)C(=O)NC1=S. The van der Waals surface area contributed by atoms with E-state index >= 15 is 0 Å². The third-order valence-electron chi connectivity index (χ3n) is 3.96. The Morgan fingerprint density at radius 1 is 1.17 bits per heavy atom. The fourth-order valence-electron chi connectivity index (χ4n) is 2.79. The van der Waals surface area contributed by atoms with Crippen LogP contribution in [0.3, 0.4) is 0 Å². The lowest BCUT2D eigenvalue weighted by Crippen LogP contribution is -2.53. The van der Waals surface area contributed by atoms with E-state index in [-0.39, 0.29) is 16.6 Å². The van der Waals surface area contributed by atoms with E-state index in [1.807, 2.05) is 37.4 Å². The first-order valence-corrected chi connectivity index (χ1v) is 7.94. The Hall–Kier alpha value is -2.47. The second-order valence-electron chi connectivity index (χ2n) is 5.25. The molecule has 6 heteroatoms. The molecule has 1 fully saturated rings. The van der Waals surface area contributed by atoms with Crippen LogP contribution < -0.4 is 5.32 Å². The van der Waals surface area contributed by atoms with Crippen LogP contribution in [-0.4, -0.2) is 32.9 Å². The molecule has 0 spiro atoms. The van der Waals surface area contributed by atoms with E-state index in [1.54, 1.807) is 6.08 Å². The quantitative estimate of drug-likeness (QED) is 0.535. The maximum absolute atomic E-state index is 12.5. The van der Waals surface area contributed by atoms with E-state index in [0.29, 0.717) is 6.54 Å². The lowest BCUT2D eigenvalue weighted by Gasteiger charge is -2.27. The van der Waals surface area contributed by atoms with Gasteiger partial charge in [0, 0.05) is 35.8 Å². The number of rotatable bonds is 3. The molecule has 0 atom stereocenters. The second-order valence-corrected chi connectivity index (χ2v) is 5.64. The maximum Gasteiger partial charge on any atom is 0.265 e. The van der Waals surface area contributed by atoms with Gasteiger partial charge in [0.25, 0.3) is 11.8 Å². The van der Waals surface area contributed by atoms with Gasteiger partial charge in [-0.15, -0.1) is 0 Å². The van der Waals surface area contributed by atoms with Crippen molar-refractivity contribution in [3.8, 4) is 0 Å². The van der Waals surface area contributed by atoms with Crippen LogP contribution >= 0.6 is 12.2 Å². The van der Waals surface area contributed by atoms with Crippen LogP contribution in [-0.2, 0) is 16.1 Å². The summed E-state index contributed by atoms with van der Waals surface area (Å²) in [5.74, 6) is -0.799. The minimum atomic E-state index is -0.446. The van der Waals surface area contributed by atoms with Gasteiger partial charge in [-0.3, -0.25) is 19.8 Å². The van der Waals surface area contributed by atoms with Gasteiger partial charge in [0.05, 0.1) is 0 Å². The number of para-hydroxylation sites is 1. The summed E-state index contributed by atoms with van der Waals surface area (Å²) in [6.07, 6.45) is 3.61. The van der Waals surface area contributed by atoms with Crippen LogP contribution in [0.25, 0.3) is 17.0 Å². The average molecular weight is 327 g/mol. The summed E-state index contributed by atoms with van der Waals surface area (Å²) in [6, 6.07) is 7.93. The molecule has 2 amide bonds. The highest BCUT2D eigenvalue weighted by Crippen LogP contribution is 2.24. The first-order valence-electron chi connectivity index (χ1n) is 7.53. The van der Waals surface area contributed by atoms with Crippen molar-refractivity contribution in [3.63, 3.8) is 0 Å². The molecular weight excluding hydrogens is 310 g/mol. The lowest BCUT2D eigenvalue weighted by molar-refractivity contribution is -0.128. The van der Waals surface area contributed by atoms with Crippen LogP contribution in [0.1, 0.15) is 19.4 Å². The van der Waals surface area contributed by atoms with Gasteiger partial charge >= 0.3 is 0 Å². The zero-order valence-corrected chi connectivity index (χ0v) is 13.8. The fraction of sp³-hybridized carbons (Fsp3) is 0.235. The van der Waals surface area contributed by atoms with Crippen molar-refractivity contribution < 1.29 is 9.59 Å². The molecule has 0 unspecified atom stereocenters. The van der Waals surface area contributed by atoms with Gasteiger partial charge in [-0.2, -0.15) is 0 Å². The van der Waals surface area contributed by atoms with Gasteiger partial charge in [-0.05, 0) is 38.2 Å². The van der Waals surface area contributed by atoms with Gasteiger partial charge in [0.2, 0.25) is 0 Å². The lowest BCUT2D eigenvalue weighted by atomic mass is 10.1. The van der Waals surface area contributed by atoms with Crippen molar-refractivity contribution in [1.29, 1.82) is 0 Å². The van der Waals surface area contributed by atoms with Crippen molar-refractivity contribution in [2.75, 3.05) is 6.54 Å². The van der Waals surface area contributed by atoms with E-state index < -0.39 is 5.91 Å². The minimum absolute atomic E-state index is 0.111. The maximum atomic E-state index is 12.5. The predicted molar refractivity (Wildman–Crippen MR) is 93.7 cm³/mol. The molecule has 118 valence electrons. The van der Waals surface area contributed by atoms with Gasteiger partial charge in [-0.1, -0.05) is 18.2 Å². The molecule has 1 N–H and O–H groups in total. The minimum Gasteiger partial charge on any atom is -0.347 e. The predicted octanol–water partition coefficient (Wildman–Crippen LogP) is 2.31. The number of fused-ring (bicyclic) bond motifs is 1.